The Morgan fingerprint density at radius 3 is 2.52 bits per heavy atom. The molecular formula is C19H31N3O3. The molecule has 0 aromatic carbocycles. The Labute approximate surface area is 150 Å². The molecule has 3 aliphatic rings. The first-order chi connectivity index (χ1) is 11.7. The number of carbonyl (C=O) groups is 3. The quantitative estimate of drug-likeness (QED) is 0.769. The smallest absolute Gasteiger partial charge is 0.325 e. The first kappa shape index (κ1) is 18.2. The lowest BCUT2D eigenvalue weighted by atomic mass is 9.64. The fraction of sp³-hybridized carbons (Fsp3) is 0.842. The molecule has 1 heterocycles. The first-order valence-electron chi connectivity index (χ1n) is 9.64. The number of amides is 4. The van der Waals surface area contributed by atoms with Crippen LogP contribution >= 0.6 is 0 Å². The topological polar surface area (TPSA) is 78.5 Å². The average Bonchev–Trinajstić information content (AvgIpc) is 2.70. The molecule has 4 amide bonds. The van der Waals surface area contributed by atoms with Crippen LogP contribution in [-0.2, 0) is 9.59 Å². The second-order valence-electron chi connectivity index (χ2n) is 9.16. The summed E-state index contributed by atoms with van der Waals surface area (Å²) in [5.41, 5.74) is -0.829. The fourth-order valence-electron chi connectivity index (χ4n) is 5.31. The zero-order valence-electron chi connectivity index (χ0n) is 15.7. The van der Waals surface area contributed by atoms with Gasteiger partial charge in [-0.2, -0.15) is 0 Å². The third-order valence-corrected chi connectivity index (χ3v) is 5.90. The van der Waals surface area contributed by atoms with Crippen LogP contribution in [0.15, 0.2) is 0 Å². The lowest BCUT2D eigenvalue weighted by Crippen LogP contribution is -2.54. The standard InChI is InChI=1S/C19H31N3O3/c1-13-9-18(2,3)12-19(10-13)16(24)22(17(25)21-19)11-15(23)20-14-7-5-4-6-8-14/h13-14H,4-12H2,1-3H3,(H,20,23)(H,21,25). The van der Waals surface area contributed by atoms with E-state index in [1.54, 1.807) is 0 Å². The molecule has 2 aliphatic carbocycles. The number of hydrogen-bond donors (Lipinski definition) is 2. The number of hydrogen-bond acceptors (Lipinski definition) is 3. The van der Waals surface area contributed by atoms with Gasteiger partial charge in [-0.1, -0.05) is 40.0 Å². The van der Waals surface area contributed by atoms with E-state index in [1.165, 1.54) is 6.42 Å². The van der Waals surface area contributed by atoms with Crippen molar-refractivity contribution >= 4 is 17.8 Å². The summed E-state index contributed by atoms with van der Waals surface area (Å²) in [4.78, 5) is 38.9. The minimum Gasteiger partial charge on any atom is -0.352 e. The Morgan fingerprint density at radius 1 is 1.20 bits per heavy atom. The Balaban J connectivity index is 1.66. The Kier molecular flexibility index (Phi) is 4.82. The maximum atomic E-state index is 13.0. The van der Waals surface area contributed by atoms with Crippen LogP contribution in [0.5, 0.6) is 0 Å². The molecule has 140 valence electrons. The van der Waals surface area contributed by atoms with Gasteiger partial charge in [0, 0.05) is 6.04 Å². The molecule has 25 heavy (non-hydrogen) atoms. The van der Waals surface area contributed by atoms with Crippen LogP contribution < -0.4 is 10.6 Å². The molecule has 6 nitrogen and oxygen atoms in total. The number of rotatable bonds is 3. The van der Waals surface area contributed by atoms with Crippen LogP contribution in [-0.4, -0.2) is 40.9 Å². The number of imide groups is 1. The second kappa shape index (κ2) is 6.61. The predicted octanol–water partition coefficient (Wildman–Crippen LogP) is 2.57. The Hall–Kier alpha value is -1.59. The molecule has 1 spiro atoms. The predicted molar refractivity (Wildman–Crippen MR) is 94.8 cm³/mol. The highest BCUT2D eigenvalue weighted by Gasteiger charge is 2.56. The highest BCUT2D eigenvalue weighted by Crippen LogP contribution is 2.46. The summed E-state index contributed by atoms with van der Waals surface area (Å²) in [5.74, 6) is -0.0875. The lowest BCUT2D eigenvalue weighted by Gasteiger charge is -2.43. The van der Waals surface area contributed by atoms with Crippen LogP contribution in [0.3, 0.4) is 0 Å². The van der Waals surface area contributed by atoms with Gasteiger partial charge in [-0.3, -0.25) is 14.5 Å². The van der Waals surface area contributed by atoms with E-state index in [0.29, 0.717) is 18.8 Å². The minimum absolute atomic E-state index is 0.000965. The van der Waals surface area contributed by atoms with E-state index in [-0.39, 0.29) is 29.8 Å². The largest absolute Gasteiger partial charge is 0.352 e. The van der Waals surface area contributed by atoms with E-state index in [4.69, 9.17) is 0 Å². The van der Waals surface area contributed by atoms with Gasteiger partial charge in [-0.15, -0.1) is 0 Å². The van der Waals surface area contributed by atoms with Crippen molar-refractivity contribution in [3.63, 3.8) is 0 Å². The molecule has 0 radical (unpaired) electrons. The first-order valence-corrected chi connectivity index (χ1v) is 9.64. The normalized spacial score (nSPS) is 32.8. The van der Waals surface area contributed by atoms with Gasteiger partial charge in [0.2, 0.25) is 5.91 Å². The van der Waals surface area contributed by atoms with Gasteiger partial charge in [-0.25, -0.2) is 4.79 Å². The monoisotopic (exact) mass is 349 g/mol. The van der Waals surface area contributed by atoms with Crippen LogP contribution in [0.2, 0.25) is 0 Å². The van der Waals surface area contributed by atoms with Gasteiger partial charge >= 0.3 is 6.03 Å². The average molecular weight is 349 g/mol. The molecule has 1 saturated heterocycles. The highest BCUT2D eigenvalue weighted by atomic mass is 16.2. The molecule has 6 heteroatoms. The van der Waals surface area contributed by atoms with Gasteiger partial charge in [-0.05, 0) is 43.4 Å². The molecule has 3 rings (SSSR count). The van der Waals surface area contributed by atoms with Crippen molar-refractivity contribution in [3.05, 3.63) is 0 Å². The summed E-state index contributed by atoms with van der Waals surface area (Å²) >= 11 is 0. The van der Waals surface area contributed by atoms with Gasteiger partial charge in [0.25, 0.3) is 5.91 Å². The van der Waals surface area contributed by atoms with Crippen molar-refractivity contribution in [3.8, 4) is 0 Å². The second-order valence-corrected chi connectivity index (χ2v) is 9.16. The lowest BCUT2D eigenvalue weighted by molar-refractivity contribution is -0.137. The van der Waals surface area contributed by atoms with Crippen molar-refractivity contribution < 1.29 is 14.4 Å². The van der Waals surface area contributed by atoms with E-state index < -0.39 is 11.6 Å². The third-order valence-electron chi connectivity index (χ3n) is 5.90. The Morgan fingerprint density at radius 2 is 1.88 bits per heavy atom. The minimum atomic E-state index is -0.830. The molecule has 0 bridgehead atoms. The van der Waals surface area contributed by atoms with Crippen LogP contribution in [0.25, 0.3) is 0 Å². The number of nitrogens with one attached hydrogen (secondary N) is 2. The van der Waals surface area contributed by atoms with E-state index in [2.05, 4.69) is 31.4 Å². The van der Waals surface area contributed by atoms with Crippen LogP contribution in [0.1, 0.15) is 72.1 Å². The summed E-state index contributed by atoms with van der Waals surface area (Å²) in [7, 11) is 0. The molecule has 3 fully saturated rings. The van der Waals surface area contributed by atoms with Crippen molar-refractivity contribution in [2.75, 3.05) is 6.54 Å². The molecule has 0 aromatic heterocycles. The van der Waals surface area contributed by atoms with Gasteiger partial charge in [0.05, 0.1) is 0 Å². The fourth-order valence-corrected chi connectivity index (χ4v) is 5.31. The van der Waals surface area contributed by atoms with Crippen molar-refractivity contribution in [2.45, 2.75) is 83.7 Å². The highest BCUT2D eigenvalue weighted by molar-refractivity contribution is 6.09. The number of urea groups is 1. The SMILES string of the molecule is CC1CC(C)(C)CC2(C1)NC(=O)N(CC(=O)NC1CCCCC1)C2=O. The Bertz CT molecular complexity index is 568. The summed E-state index contributed by atoms with van der Waals surface area (Å²) in [5, 5.41) is 5.91. The molecule has 0 aromatic rings. The van der Waals surface area contributed by atoms with E-state index in [9.17, 15) is 14.4 Å². The maximum absolute atomic E-state index is 13.0. The van der Waals surface area contributed by atoms with Crippen LogP contribution in [0.4, 0.5) is 4.79 Å². The van der Waals surface area contributed by atoms with Crippen LogP contribution in [0, 0.1) is 11.3 Å². The number of carbonyl (C=O) groups excluding carboxylic acids is 3. The molecular weight excluding hydrogens is 318 g/mol. The van der Waals surface area contributed by atoms with E-state index >= 15 is 0 Å². The summed E-state index contributed by atoms with van der Waals surface area (Å²) in [6.07, 6.45) is 7.78. The zero-order chi connectivity index (χ0) is 18.2. The molecule has 2 unspecified atom stereocenters. The maximum Gasteiger partial charge on any atom is 0.325 e. The van der Waals surface area contributed by atoms with E-state index in [0.717, 1.165) is 37.0 Å². The van der Waals surface area contributed by atoms with Crippen molar-refractivity contribution in [1.82, 2.24) is 15.5 Å². The van der Waals surface area contributed by atoms with Crippen molar-refractivity contribution in [2.24, 2.45) is 11.3 Å². The van der Waals surface area contributed by atoms with Gasteiger partial charge in [0.15, 0.2) is 0 Å². The summed E-state index contributed by atoms with van der Waals surface area (Å²) in [6.45, 7) is 6.24. The summed E-state index contributed by atoms with van der Waals surface area (Å²) < 4.78 is 0. The molecule has 1 aliphatic heterocycles. The molecule has 2 saturated carbocycles. The molecule has 2 atom stereocenters. The molecule has 2 N–H and O–H groups in total. The zero-order valence-corrected chi connectivity index (χ0v) is 15.7. The van der Waals surface area contributed by atoms with Gasteiger partial charge < -0.3 is 10.6 Å². The number of nitrogens with zero attached hydrogens (tertiary/aromatic N) is 1. The summed E-state index contributed by atoms with van der Waals surface area (Å²) in [6, 6.07) is -0.238. The van der Waals surface area contributed by atoms with Crippen molar-refractivity contribution in [1.29, 1.82) is 0 Å². The third kappa shape index (κ3) is 3.82. The van der Waals surface area contributed by atoms with Gasteiger partial charge in [0.1, 0.15) is 12.1 Å². The van der Waals surface area contributed by atoms with E-state index in [1.807, 2.05) is 0 Å².